The first-order valence-electron chi connectivity index (χ1n) is 6.53. The molecule has 0 unspecified atom stereocenters. The third-order valence-electron chi connectivity index (χ3n) is 3.58. The van der Waals surface area contributed by atoms with Gasteiger partial charge < -0.3 is 15.4 Å². The van der Waals surface area contributed by atoms with Gasteiger partial charge in [-0.15, -0.1) is 0 Å². The molecule has 0 aliphatic carbocycles. The molecule has 1 aromatic rings. The molecule has 1 fully saturated rings. The van der Waals surface area contributed by atoms with Crippen LogP contribution in [0.5, 0.6) is 0 Å². The second kappa shape index (κ2) is 6.52. The van der Waals surface area contributed by atoms with E-state index in [2.05, 4.69) is 10.6 Å². The lowest BCUT2D eigenvalue weighted by atomic mass is 9.78. The van der Waals surface area contributed by atoms with Gasteiger partial charge in [0, 0.05) is 17.8 Å². The first kappa shape index (κ1) is 15.2. The number of ether oxygens (including phenoxy) is 1. The van der Waals surface area contributed by atoms with Gasteiger partial charge in [-0.2, -0.15) is 0 Å². The summed E-state index contributed by atoms with van der Waals surface area (Å²) < 4.78 is 18.5. The van der Waals surface area contributed by atoms with Crippen molar-refractivity contribution in [2.75, 3.05) is 32.1 Å². The van der Waals surface area contributed by atoms with Crippen LogP contribution >= 0.6 is 11.6 Å². The van der Waals surface area contributed by atoms with Crippen LogP contribution in [0.4, 0.5) is 10.1 Å². The van der Waals surface area contributed by atoms with Gasteiger partial charge >= 0.3 is 0 Å². The van der Waals surface area contributed by atoms with Gasteiger partial charge in [-0.1, -0.05) is 11.6 Å². The van der Waals surface area contributed by atoms with E-state index in [1.54, 1.807) is 7.11 Å². The van der Waals surface area contributed by atoms with Crippen molar-refractivity contribution in [1.29, 1.82) is 0 Å². The molecule has 1 amide bonds. The van der Waals surface area contributed by atoms with Gasteiger partial charge in [0.1, 0.15) is 5.82 Å². The molecule has 2 N–H and O–H groups in total. The first-order chi connectivity index (χ1) is 9.55. The summed E-state index contributed by atoms with van der Waals surface area (Å²) in [7, 11) is 1.58. The minimum atomic E-state index is -0.571. The van der Waals surface area contributed by atoms with E-state index < -0.39 is 11.2 Å². The first-order valence-corrected chi connectivity index (χ1v) is 6.91. The Morgan fingerprint density at radius 3 is 2.75 bits per heavy atom. The second-order valence-corrected chi connectivity index (χ2v) is 5.51. The summed E-state index contributed by atoms with van der Waals surface area (Å²) in [6.07, 6.45) is 1.38. The highest BCUT2D eigenvalue weighted by Gasteiger charge is 2.39. The zero-order valence-corrected chi connectivity index (χ0v) is 12.1. The number of anilines is 1. The average molecular weight is 301 g/mol. The number of nitrogens with one attached hydrogen (secondary N) is 2. The number of methoxy groups -OCH3 is 1. The van der Waals surface area contributed by atoms with Crippen molar-refractivity contribution in [3.63, 3.8) is 0 Å². The molecule has 0 aromatic heterocycles. The van der Waals surface area contributed by atoms with Gasteiger partial charge in [0.2, 0.25) is 5.91 Å². The van der Waals surface area contributed by atoms with Gasteiger partial charge in [-0.3, -0.25) is 4.79 Å². The van der Waals surface area contributed by atoms with Crippen LogP contribution in [0, 0.1) is 11.2 Å². The lowest BCUT2D eigenvalue weighted by molar-refractivity contribution is -0.130. The van der Waals surface area contributed by atoms with E-state index in [9.17, 15) is 9.18 Å². The van der Waals surface area contributed by atoms with Gasteiger partial charge in [-0.25, -0.2) is 4.39 Å². The minimum absolute atomic E-state index is 0.150. The molecule has 1 saturated heterocycles. The maximum atomic E-state index is 13.3. The van der Waals surface area contributed by atoms with Crippen LogP contribution in [-0.4, -0.2) is 32.7 Å². The van der Waals surface area contributed by atoms with E-state index in [4.69, 9.17) is 16.3 Å². The molecule has 0 atom stereocenters. The molecule has 20 heavy (non-hydrogen) atoms. The molecule has 1 aromatic carbocycles. The van der Waals surface area contributed by atoms with Crippen molar-refractivity contribution in [3.8, 4) is 0 Å². The fraction of sp³-hybridized carbons (Fsp3) is 0.500. The van der Waals surface area contributed by atoms with Gasteiger partial charge in [0.15, 0.2) is 0 Å². The number of amides is 1. The summed E-state index contributed by atoms with van der Waals surface area (Å²) in [5.41, 5.74) is -0.201. The van der Waals surface area contributed by atoms with Gasteiger partial charge in [-0.05, 0) is 44.1 Å². The highest BCUT2D eigenvalue weighted by Crippen LogP contribution is 2.31. The summed E-state index contributed by atoms with van der Waals surface area (Å²) in [5.74, 6) is -0.624. The van der Waals surface area contributed by atoms with Crippen LogP contribution in [0.15, 0.2) is 18.2 Å². The third kappa shape index (κ3) is 3.48. The zero-order valence-electron chi connectivity index (χ0n) is 11.3. The predicted molar refractivity (Wildman–Crippen MR) is 76.5 cm³/mol. The molecule has 2 rings (SSSR count). The van der Waals surface area contributed by atoms with Crippen molar-refractivity contribution in [2.24, 2.45) is 5.41 Å². The maximum Gasteiger partial charge on any atom is 0.233 e. The number of piperidine rings is 1. The summed E-state index contributed by atoms with van der Waals surface area (Å²) in [4.78, 5) is 12.5. The molecule has 4 nitrogen and oxygen atoms in total. The van der Waals surface area contributed by atoms with E-state index >= 15 is 0 Å². The van der Waals surface area contributed by atoms with Crippen LogP contribution in [0.25, 0.3) is 0 Å². The van der Waals surface area contributed by atoms with Crippen molar-refractivity contribution < 1.29 is 13.9 Å². The number of benzene rings is 1. The molecule has 0 saturated carbocycles. The number of hydrogen-bond donors (Lipinski definition) is 2. The van der Waals surface area contributed by atoms with Gasteiger partial charge in [0.25, 0.3) is 0 Å². The Bertz CT molecular complexity index is 464. The van der Waals surface area contributed by atoms with Crippen LogP contribution < -0.4 is 10.6 Å². The summed E-state index contributed by atoms with van der Waals surface area (Å²) in [6, 6.07) is 3.99. The summed E-state index contributed by atoms with van der Waals surface area (Å²) >= 11 is 5.79. The van der Waals surface area contributed by atoms with E-state index in [-0.39, 0.29) is 10.9 Å². The highest BCUT2D eigenvalue weighted by molar-refractivity contribution is 6.30. The molecule has 1 aliphatic heterocycles. The average Bonchev–Trinajstić information content (AvgIpc) is 2.38. The normalized spacial score (nSPS) is 17.8. The Labute approximate surface area is 122 Å². The summed E-state index contributed by atoms with van der Waals surface area (Å²) in [6.45, 7) is 1.88. The lowest BCUT2D eigenvalue weighted by Gasteiger charge is -2.35. The molecule has 0 spiro atoms. The van der Waals surface area contributed by atoms with Crippen molar-refractivity contribution in [2.45, 2.75) is 12.8 Å². The number of halogens is 2. The van der Waals surface area contributed by atoms with E-state index in [0.29, 0.717) is 25.1 Å². The van der Waals surface area contributed by atoms with E-state index in [0.717, 1.165) is 13.1 Å². The molecule has 110 valence electrons. The highest BCUT2D eigenvalue weighted by atomic mass is 35.5. The molecule has 0 radical (unpaired) electrons. The number of carbonyl (C=O) groups excluding carboxylic acids is 1. The Morgan fingerprint density at radius 1 is 1.45 bits per heavy atom. The Kier molecular flexibility index (Phi) is 4.96. The van der Waals surface area contributed by atoms with E-state index in [1.165, 1.54) is 18.2 Å². The minimum Gasteiger partial charge on any atom is -0.384 e. The second-order valence-electron chi connectivity index (χ2n) is 5.08. The van der Waals surface area contributed by atoms with Crippen LogP contribution in [0.2, 0.25) is 5.02 Å². The maximum absolute atomic E-state index is 13.3. The molecule has 1 aliphatic rings. The SMILES string of the molecule is COCC1(C(=O)Nc2cc(F)cc(Cl)c2)CCNCC1. The molecule has 6 heteroatoms. The van der Waals surface area contributed by atoms with E-state index in [1.807, 2.05) is 0 Å². The van der Waals surface area contributed by atoms with Crippen LogP contribution in [-0.2, 0) is 9.53 Å². The van der Waals surface area contributed by atoms with Crippen LogP contribution in [0.1, 0.15) is 12.8 Å². The monoisotopic (exact) mass is 300 g/mol. The Balaban J connectivity index is 2.15. The quantitative estimate of drug-likeness (QED) is 0.898. The van der Waals surface area contributed by atoms with Crippen LogP contribution in [0.3, 0.4) is 0 Å². The standard InChI is InChI=1S/C14H18ClFN2O2/c1-20-9-14(2-4-17-5-3-14)13(19)18-12-7-10(15)6-11(16)8-12/h6-8,17H,2-5,9H2,1H3,(H,18,19). The number of carbonyl (C=O) groups is 1. The topological polar surface area (TPSA) is 50.4 Å². The Morgan fingerprint density at radius 2 is 2.15 bits per heavy atom. The van der Waals surface area contributed by atoms with Crippen molar-refractivity contribution in [1.82, 2.24) is 5.32 Å². The lowest BCUT2D eigenvalue weighted by Crippen LogP contribution is -2.47. The third-order valence-corrected chi connectivity index (χ3v) is 3.80. The van der Waals surface area contributed by atoms with Crippen molar-refractivity contribution in [3.05, 3.63) is 29.0 Å². The van der Waals surface area contributed by atoms with Crippen molar-refractivity contribution >= 4 is 23.2 Å². The Hall–Kier alpha value is -1.17. The molecule has 0 bridgehead atoms. The molecular weight excluding hydrogens is 283 g/mol. The van der Waals surface area contributed by atoms with Gasteiger partial charge in [0.05, 0.1) is 12.0 Å². The largest absolute Gasteiger partial charge is 0.384 e. The smallest absolute Gasteiger partial charge is 0.233 e. The summed E-state index contributed by atoms with van der Waals surface area (Å²) in [5, 5.41) is 6.22. The fourth-order valence-electron chi connectivity index (χ4n) is 2.51. The molecule has 1 heterocycles. The number of rotatable bonds is 4. The molecular formula is C14H18ClFN2O2. The zero-order chi connectivity index (χ0) is 14.6. The predicted octanol–water partition coefficient (Wildman–Crippen LogP) is 2.43. The fourth-order valence-corrected chi connectivity index (χ4v) is 2.73. The number of hydrogen-bond acceptors (Lipinski definition) is 3.